The lowest BCUT2D eigenvalue weighted by Gasteiger charge is -2.34. The molecular formula is C19H19N7O2. The van der Waals surface area contributed by atoms with Crippen LogP contribution in [0.1, 0.15) is 23.2 Å². The number of nitrogens with two attached hydrogens (primary N) is 1. The molecule has 1 fully saturated rings. The van der Waals surface area contributed by atoms with Gasteiger partial charge in [-0.2, -0.15) is 10.1 Å². The summed E-state index contributed by atoms with van der Waals surface area (Å²) in [4.78, 5) is 23.9. The minimum Gasteiger partial charge on any atom is -0.381 e. The fourth-order valence-corrected chi connectivity index (χ4v) is 3.61. The minimum atomic E-state index is -0.503. The van der Waals surface area contributed by atoms with Crippen molar-refractivity contribution in [1.29, 1.82) is 0 Å². The highest BCUT2D eigenvalue weighted by Crippen LogP contribution is 2.30. The lowest BCUT2D eigenvalue weighted by molar-refractivity contribution is 0.0327. The van der Waals surface area contributed by atoms with Crippen LogP contribution in [0, 0.1) is 0 Å². The van der Waals surface area contributed by atoms with Gasteiger partial charge in [-0.3, -0.25) is 4.79 Å². The lowest BCUT2D eigenvalue weighted by Crippen LogP contribution is -2.40. The number of nitrogens with one attached hydrogen (secondary N) is 2. The summed E-state index contributed by atoms with van der Waals surface area (Å²) in [5, 5.41) is 8.40. The van der Waals surface area contributed by atoms with Crippen LogP contribution in [-0.4, -0.2) is 49.7 Å². The molecule has 1 aliphatic carbocycles. The summed E-state index contributed by atoms with van der Waals surface area (Å²) >= 11 is 0. The number of aromatic amines is 1. The third-order valence-electron chi connectivity index (χ3n) is 5.29. The number of ether oxygens (including phenoxy) is 1. The van der Waals surface area contributed by atoms with Gasteiger partial charge in [-0.15, -0.1) is 0 Å². The zero-order chi connectivity index (χ0) is 19.3. The van der Waals surface area contributed by atoms with Crippen molar-refractivity contribution >= 4 is 28.4 Å². The van der Waals surface area contributed by atoms with E-state index < -0.39 is 5.91 Å². The van der Waals surface area contributed by atoms with Crippen LogP contribution in [0.15, 0.2) is 36.9 Å². The van der Waals surface area contributed by atoms with Crippen molar-refractivity contribution in [3.05, 3.63) is 42.5 Å². The van der Waals surface area contributed by atoms with Crippen LogP contribution < -0.4 is 11.1 Å². The van der Waals surface area contributed by atoms with Gasteiger partial charge in [0, 0.05) is 42.7 Å². The number of fused-ring (bicyclic) bond motifs is 2. The van der Waals surface area contributed by atoms with E-state index in [0.717, 1.165) is 35.0 Å². The van der Waals surface area contributed by atoms with Gasteiger partial charge < -0.3 is 20.8 Å². The summed E-state index contributed by atoms with van der Waals surface area (Å²) < 4.78 is 6.93. The molecule has 0 aromatic carbocycles. The molecule has 9 nitrogen and oxygen atoms in total. The van der Waals surface area contributed by atoms with Crippen LogP contribution in [-0.2, 0) is 4.74 Å². The number of rotatable bonds is 5. The second-order valence-corrected chi connectivity index (χ2v) is 7.00. The molecule has 142 valence electrons. The lowest BCUT2D eigenvalue weighted by atomic mass is 9.89. The van der Waals surface area contributed by atoms with Crippen molar-refractivity contribution in [3.63, 3.8) is 0 Å². The number of carbonyl (C=O) groups is 1. The van der Waals surface area contributed by atoms with Crippen LogP contribution in [0.4, 0.5) is 5.95 Å². The molecule has 0 atom stereocenters. The summed E-state index contributed by atoms with van der Waals surface area (Å²) in [6.07, 6.45) is 9.21. The first-order valence-electron chi connectivity index (χ1n) is 9.03. The Hall–Kier alpha value is -3.46. The molecule has 4 aromatic rings. The predicted molar refractivity (Wildman–Crippen MR) is 104 cm³/mol. The molecule has 4 aromatic heterocycles. The van der Waals surface area contributed by atoms with Gasteiger partial charge in [0.05, 0.1) is 23.4 Å². The molecule has 1 amide bonds. The molecule has 0 unspecified atom stereocenters. The Labute approximate surface area is 159 Å². The summed E-state index contributed by atoms with van der Waals surface area (Å²) in [6.45, 7) is 0. The van der Waals surface area contributed by atoms with Crippen molar-refractivity contribution < 1.29 is 9.53 Å². The Morgan fingerprint density at radius 3 is 3.04 bits per heavy atom. The topological polar surface area (TPSA) is 123 Å². The first kappa shape index (κ1) is 16.7. The van der Waals surface area contributed by atoms with E-state index in [-0.39, 0.29) is 0 Å². The number of amides is 1. The first-order chi connectivity index (χ1) is 13.6. The third kappa shape index (κ3) is 2.67. The number of pyridine rings is 1. The number of H-pyrrole nitrogens is 1. The fourth-order valence-electron chi connectivity index (χ4n) is 3.61. The molecule has 0 spiro atoms. The molecule has 4 N–H and O–H groups in total. The van der Waals surface area contributed by atoms with Crippen LogP contribution in [0.2, 0.25) is 0 Å². The van der Waals surface area contributed by atoms with Gasteiger partial charge in [0.2, 0.25) is 5.95 Å². The van der Waals surface area contributed by atoms with E-state index in [1.165, 1.54) is 6.20 Å². The average molecular weight is 377 g/mol. The number of carbonyl (C=O) groups excluding carboxylic acids is 1. The maximum absolute atomic E-state index is 11.6. The van der Waals surface area contributed by atoms with Gasteiger partial charge in [-0.1, -0.05) is 0 Å². The van der Waals surface area contributed by atoms with Crippen molar-refractivity contribution in [2.45, 2.75) is 25.0 Å². The van der Waals surface area contributed by atoms with Gasteiger partial charge in [0.1, 0.15) is 5.65 Å². The van der Waals surface area contributed by atoms with Gasteiger partial charge in [0.15, 0.2) is 0 Å². The molecule has 1 saturated carbocycles. The Morgan fingerprint density at radius 1 is 1.39 bits per heavy atom. The van der Waals surface area contributed by atoms with E-state index in [1.807, 2.05) is 18.3 Å². The molecule has 0 saturated heterocycles. The minimum absolute atomic E-state index is 0.321. The van der Waals surface area contributed by atoms with E-state index in [2.05, 4.69) is 25.4 Å². The number of nitrogens with zero attached hydrogens (tertiary/aromatic N) is 4. The number of anilines is 1. The standard InChI is InChI=1S/C19H19N7O2/c1-28-12-5-11(6-12)24-19-22-8-14-13(7-21-18(14)25-19)10-2-3-26-16(4-10)15(9-23-26)17(20)27/h2-4,7-9,11-12H,5-6H2,1H3,(H2,20,27)(H2,21,22,24,25)/t11-,12+. The summed E-state index contributed by atoms with van der Waals surface area (Å²) in [5.74, 6) is 0.0968. The molecular weight excluding hydrogens is 358 g/mol. The maximum atomic E-state index is 11.6. The number of primary amides is 1. The quantitative estimate of drug-likeness (QED) is 0.488. The molecule has 0 radical (unpaired) electrons. The number of aromatic nitrogens is 5. The van der Waals surface area contributed by atoms with Crippen LogP contribution in [0.3, 0.4) is 0 Å². The third-order valence-corrected chi connectivity index (χ3v) is 5.29. The average Bonchev–Trinajstić information content (AvgIpc) is 3.27. The molecule has 5 rings (SSSR count). The number of hydrogen-bond acceptors (Lipinski definition) is 6. The second kappa shape index (κ2) is 6.31. The van der Waals surface area contributed by atoms with Crippen molar-refractivity contribution in [3.8, 4) is 11.1 Å². The highest BCUT2D eigenvalue weighted by molar-refractivity contribution is 6.01. The van der Waals surface area contributed by atoms with Crippen molar-refractivity contribution in [1.82, 2.24) is 24.6 Å². The van der Waals surface area contributed by atoms with Crippen molar-refractivity contribution in [2.75, 3.05) is 12.4 Å². The smallest absolute Gasteiger partial charge is 0.252 e. The highest BCUT2D eigenvalue weighted by Gasteiger charge is 2.29. The van der Waals surface area contributed by atoms with Gasteiger partial charge in [-0.05, 0) is 30.5 Å². The van der Waals surface area contributed by atoms with Gasteiger partial charge in [-0.25, -0.2) is 9.50 Å². The molecule has 0 aliphatic heterocycles. The normalized spacial score (nSPS) is 19.0. The van der Waals surface area contributed by atoms with E-state index in [1.54, 1.807) is 24.0 Å². The molecule has 4 heterocycles. The Morgan fingerprint density at radius 2 is 2.25 bits per heavy atom. The van der Waals surface area contributed by atoms with Gasteiger partial charge >= 0.3 is 0 Å². The van der Waals surface area contributed by atoms with E-state index in [0.29, 0.717) is 29.2 Å². The summed E-state index contributed by atoms with van der Waals surface area (Å²) in [5.41, 5.74) is 9.11. The Kier molecular flexibility index (Phi) is 3.76. The van der Waals surface area contributed by atoms with Crippen molar-refractivity contribution in [2.24, 2.45) is 5.73 Å². The molecule has 28 heavy (non-hydrogen) atoms. The molecule has 0 bridgehead atoms. The number of methoxy groups -OCH3 is 1. The van der Waals surface area contributed by atoms with Crippen LogP contribution in [0.25, 0.3) is 27.7 Å². The van der Waals surface area contributed by atoms with Crippen LogP contribution in [0.5, 0.6) is 0 Å². The maximum Gasteiger partial charge on any atom is 0.252 e. The summed E-state index contributed by atoms with van der Waals surface area (Å²) in [7, 11) is 1.73. The monoisotopic (exact) mass is 377 g/mol. The second-order valence-electron chi connectivity index (χ2n) is 7.00. The summed E-state index contributed by atoms with van der Waals surface area (Å²) in [6, 6.07) is 4.16. The van der Waals surface area contributed by atoms with E-state index in [4.69, 9.17) is 10.5 Å². The predicted octanol–water partition coefficient (Wildman–Crippen LogP) is 1.96. The molecule has 9 heteroatoms. The Balaban J connectivity index is 1.47. The molecule has 1 aliphatic rings. The highest BCUT2D eigenvalue weighted by atomic mass is 16.5. The largest absolute Gasteiger partial charge is 0.381 e. The van der Waals surface area contributed by atoms with Crippen LogP contribution >= 0.6 is 0 Å². The van der Waals surface area contributed by atoms with E-state index in [9.17, 15) is 4.79 Å². The zero-order valence-corrected chi connectivity index (χ0v) is 15.2. The SMILES string of the molecule is CO[C@H]1C[C@@H](Nc2ncc3c(-c4ccn5ncc(C(N)=O)c5c4)c[nH]c3n2)C1. The van der Waals surface area contributed by atoms with E-state index >= 15 is 0 Å². The fraction of sp³-hybridized carbons (Fsp3) is 0.263. The number of hydrogen-bond donors (Lipinski definition) is 3. The first-order valence-corrected chi connectivity index (χ1v) is 9.03. The van der Waals surface area contributed by atoms with Gasteiger partial charge in [0.25, 0.3) is 5.91 Å². The Bertz CT molecular complexity index is 1190. The zero-order valence-electron chi connectivity index (χ0n) is 15.2.